The molecule has 14 heavy (non-hydrogen) atoms. The lowest BCUT2D eigenvalue weighted by Gasteiger charge is -2.07. The molecule has 0 spiro atoms. The normalized spacial score (nSPS) is 12.5. The molecular formula is C9H18O5. The molecule has 0 rings (SSSR count). The van der Waals surface area contributed by atoms with Crippen molar-refractivity contribution in [1.29, 1.82) is 0 Å². The molecule has 1 unspecified atom stereocenters. The van der Waals surface area contributed by atoms with Gasteiger partial charge in [-0.25, -0.2) is 4.79 Å². The van der Waals surface area contributed by atoms with Crippen LogP contribution in [-0.2, 0) is 14.3 Å². The molecule has 0 saturated carbocycles. The number of aliphatic hydroxyl groups excluding tert-OH is 2. The molecule has 0 aliphatic rings. The maximum absolute atomic E-state index is 10.9. The van der Waals surface area contributed by atoms with E-state index in [2.05, 4.69) is 0 Å². The maximum Gasteiger partial charge on any atom is 0.332 e. The molecule has 0 bridgehead atoms. The number of ether oxygens (including phenoxy) is 2. The van der Waals surface area contributed by atoms with E-state index in [0.717, 1.165) is 12.8 Å². The van der Waals surface area contributed by atoms with E-state index in [4.69, 9.17) is 19.7 Å². The highest BCUT2D eigenvalue weighted by atomic mass is 16.6. The van der Waals surface area contributed by atoms with Crippen molar-refractivity contribution in [1.82, 2.24) is 0 Å². The first-order valence-corrected chi connectivity index (χ1v) is 4.73. The zero-order valence-electron chi connectivity index (χ0n) is 8.44. The van der Waals surface area contributed by atoms with Gasteiger partial charge in [0.15, 0.2) is 0 Å². The largest absolute Gasteiger partial charge is 0.464 e. The molecule has 2 N–H and O–H groups in total. The van der Waals surface area contributed by atoms with Crippen LogP contribution in [0.3, 0.4) is 0 Å². The van der Waals surface area contributed by atoms with Crippen molar-refractivity contribution in [3.63, 3.8) is 0 Å². The lowest BCUT2D eigenvalue weighted by molar-refractivity contribution is -0.150. The van der Waals surface area contributed by atoms with Gasteiger partial charge in [-0.15, -0.1) is 0 Å². The molecule has 1 atom stereocenters. The lowest BCUT2D eigenvalue weighted by atomic mass is 10.4. The third-order valence-corrected chi connectivity index (χ3v) is 1.50. The van der Waals surface area contributed by atoms with Crippen molar-refractivity contribution < 1.29 is 24.5 Å². The Morgan fingerprint density at radius 3 is 2.79 bits per heavy atom. The van der Waals surface area contributed by atoms with E-state index >= 15 is 0 Å². The Hall–Kier alpha value is -0.650. The Morgan fingerprint density at radius 1 is 1.50 bits per heavy atom. The Kier molecular flexibility index (Phi) is 8.51. The van der Waals surface area contributed by atoms with Gasteiger partial charge in [0.1, 0.15) is 12.7 Å². The van der Waals surface area contributed by atoms with E-state index in [1.54, 1.807) is 0 Å². The molecule has 0 aromatic heterocycles. The van der Waals surface area contributed by atoms with Gasteiger partial charge >= 0.3 is 5.97 Å². The average molecular weight is 206 g/mol. The molecule has 5 heteroatoms. The molecule has 0 heterocycles. The van der Waals surface area contributed by atoms with Crippen LogP contribution in [-0.4, -0.2) is 48.7 Å². The van der Waals surface area contributed by atoms with Crippen LogP contribution in [0.25, 0.3) is 0 Å². The van der Waals surface area contributed by atoms with Crippen LogP contribution in [0, 0.1) is 0 Å². The number of unbranched alkanes of at least 4 members (excludes halogenated alkanes) is 1. The van der Waals surface area contributed by atoms with Crippen LogP contribution >= 0.6 is 0 Å². The Balaban J connectivity index is 3.26. The molecule has 0 aromatic carbocycles. The minimum Gasteiger partial charge on any atom is -0.464 e. The summed E-state index contributed by atoms with van der Waals surface area (Å²) in [6, 6.07) is 0. The van der Waals surface area contributed by atoms with E-state index in [-0.39, 0.29) is 19.8 Å². The van der Waals surface area contributed by atoms with E-state index < -0.39 is 12.1 Å². The van der Waals surface area contributed by atoms with Crippen LogP contribution in [0.1, 0.15) is 19.8 Å². The molecule has 0 radical (unpaired) electrons. The SMILES string of the molecule is CCCCOC(=O)COCC(O)CO. The highest BCUT2D eigenvalue weighted by molar-refractivity contribution is 5.70. The van der Waals surface area contributed by atoms with Gasteiger partial charge in [0.05, 0.1) is 19.8 Å². The second-order valence-corrected chi connectivity index (χ2v) is 2.93. The Bertz CT molecular complexity index is 148. The molecule has 0 aliphatic carbocycles. The highest BCUT2D eigenvalue weighted by Crippen LogP contribution is 1.90. The monoisotopic (exact) mass is 206 g/mol. The van der Waals surface area contributed by atoms with Gasteiger partial charge in [0.25, 0.3) is 0 Å². The molecule has 0 fully saturated rings. The second-order valence-electron chi connectivity index (χ2n) is 2.93. The Labute approximate surface area is 83.6 Å². The topological polar surface area (TPSA) is 76.0 Å². The summed E-state index contributed by atoms with van der Waals surface area (Å²) in [5.74, 6) is -0.441. The lowest BCUT2D eigenvalue weighted by Crippen LogP contribution is -2.22. The highest BCUT2D eigenvalue weighted by Gasteiger charge is 2.05. The number of carbonyl (C=O) groups is 1. The summed E-state index contributed by atoms with van der Waals surface area (Å²) in [6.45, 7) is 1.80. The van der Waals surface area contributed by atoms with Crippen molar-refractivity contribution in [2.24, 2.45) is 0 Å². The van der Waals surface area contributed by atoms with Gasteiger partial charge in [0.2, 0.25) is 0 Å². The molecule has 0 aliphatic heterocycles. The number of esters is 1. The van der Waals surface area contributed by atoms with Crippen molar-refractivity contribution in [3.05, 3.63) is 0 Å². The molecule has 84 valence electrons. The zero-order valence-corrected chi connectivity index (χ0v) is 8.44. The fourth-order valence-electron chi connectivity index (χ4n) is 0.703. The first kappa shape index (κ1) is 13.4. The third kappa shape index (κ3) is 7.97. The Morgan fingerprint density at radius 2 is 2.21 bits per heavy atom. The van der Waals surface area contributed by atoms with Crippen molar-refractivity contribution in [2.75, 3.05) is 26.4 Å². The number of aliphatic hydroxyl groups is 2. The van der Waals surface area contributed by atoms with Crippen molar-refractivity contribution in [2.45, 2.75) is 25.9 Å². The molecule has 5 nitrogen and oxygen atoms in total. The van der Waals surface area contributed by atoms with E-state index in [1.807, 2.05) is 6.92 Å². The predicted octanol–water partition coefficient (Wildman–Crippen LogP) is -0.300. The molecule has 0 aromatic rings. The number of rotatable bonds is 8. The van der Waals surface area contributed by atoms with Crippen LogP contribution in [0.5, 0.6) is 0 Å². The van der Waals surface area contributed by atoms with Crippen molar-refractivity contribution in [3.8, 4) is 0 Å². The van der Waals surface area contributed by atoms with Gasteiger partial charge in [-0.3, -0.25) is 0 Å². The quantitative estimate of drug-likeness (QED) is 0.421. The van der Waals surface area contributed by atoms with Crippen LogP contribution in [0.4, 0.5) is 0 Å². The van der Waals surface area contributed by atoms with E-state index in [0.29, 0.717) is 6.61 Å². The summed E-state index contributed by atoms with van der Waals surface area (Å²) in [5.41, 5.74) is 0. The minimum absolute atomic E-state index is 0.0562. The third-order valence-electron chi connectivity index (χ3n) is 1.50. The number of hydrogen-bond donors (Lipinski definition) is 2. The predicted molar refractivity (Wildman–Crippen MR) is 49.8 cm³/mol. The second kappa shape index (κ2) is 8.93. The minimum atomic E-state index is -0.932. The van der Waals surface area contributed by atoms with Crippen LogP contribution in [0.15, 0.2) is 0 Å². The first-order chi connectivity index (χ1) is 6.70. The van der Waals surface area contributed by atoms with Crippen molar-refractivity contribution >= 4 is 5.97 Å². The summed E-state index contributed by atoms with van der Waals surface area (Å²) >= 11 is 0. The van der Waals surface area contributed by atoms with Crippen LogP contribution in [0.2, 0.25) is 0 Å². The molecular weight excluding hydrogens is 188 g/mol. The van der Waals surface area contributed by atoms with E-state index in [1.165, 1.54) is 0 Å². The summed E-state index contributed by atoms with van der Waals surface area (Å²) in [6.07, 6.45) is 0.876. The fourth-order valence-corrected chi connectivity index (χ4v) is 0.703. The smallest absolute Gasteiger partial charge is 0.332 e. The van der Waals surface area contributed by atoms with Gasteiger partial charge in [-0.1, -0.05) is 13.3 Å². The number of hydrogen-bond acceptors (Lipinski definition) is 5. The average Bonchev–Trinajstić information content (AvgIpc) is 2.18. The fraction of sp³-hybridized carbons (Fsp3) is 0.889. The summed E-state index contributed by atoms with van der Waals surface area (Å²) in [5, 5.41) is 17.3. The standard InChI is InChI=1S/C9H18O5/c1-2-3-4-14-9(12)7-13-6-8(11)5-10/h8,10-11H,2-7H2,1H3. The zero-order chi connectivity index (χ0) is 10.8. The molecule has 0 amide bonds. The maximum atomic E-state index is 10.9. The van der Waals surface area contributed by atoms with Gasteiger partial charge < -0.3 is 19.7 Å². The summed E-state index contributed by atoms with van der Waals surface area (Å²) in [4.78, 5) is 10.9. The summed E-state index contributed by atoms with van der Waals surface area (Å²) in [7, 11) is 0. The van der Waals surface area contributed by atoms with Gasteiger partial charge in [0, 0.05) is 0 Å². The molecule has 0 saturated heterocycles. The number of carbonyl (C=O) groups excluding carboxylic acids is 1. The summed E-state index contributed by atoms with van der Waals surface area (Å²) < 4.78 is 9.58. The van der Waals surface area contributed by atoms with Gasteiger partial charge in [-0.2, -0.15) is 0 Å². The first-order valence-electron chi connectivity index (χ1n) is 4.73. The van der Waals surface area contributed by atoms with Crippen LogP contribution < -0.4 is 0 Å². The van der Waals surface area contributed by atoms with E-state index in [9.17, 15) is 4.79 Å². The van der Waals surface area contributed by atoms with Gasteiger partial charge in [-0.05, 0) is 6.42 Å².